The second-order valence-corrected chi connectivity index (χ2v) is 3.32. The van der Waals surface area contributed by atoms with Crippen LogP contribution in [0.5, 0.6) is 0 Å². The van der Waals surface area contributed by atoms with Crippen LogP contribution in [-0.2, 0) is 0 Å². The molecule has 0 aromatic heterocycles. The molecule has 2 N–H and O–H groups in total. The number of hydrogen-bond donors (Lipinski definition) is 2. The molecule has 0 atom stereocenters. The Kier molecular flexibility index (Phi) is 3.20. The van der Waals surface area contributed by atoms with E-state index in [1.165, 1.54) is 0 Å². The minimum Gasteiger partial charge on any atom is -0.401 e. The summed E-state index contributed by atoms with van der Waals surface area (Å²) in [5.74, 6) is 0. The van der Waals surface area contributed by atoms with E-state index in [9.17, 15) is 0 Å². The zero-order valence-electron chi connectivity index (χ0n) is 7.62. The molecular formula is C11H15NS. The summed E-state index contributed by atoms with van der Waals surface area (Å²) in [5.41, 5.74) is 8.23. The molecule has 2 heteroatoms. The summed E-state index contributed by atoms with van der Waals surface area (Å²) in [5, 5.41) is 0. The largest absolute Gasteiger partial charge is 0.401 e. The monoisotopic (exact) mass is 193 g/mol. The van der Waals surface area contributed by atoms with E-state index in [4.69, 9.17) is 5.73 Å². The summed E-state index contributed by atoms with van der Waals surface area (Å²) in [6, 6.07) is 9.87. The Labute approximate surface area is 85.9 Å². The van der Waals surface area contributed by atoms with Gasteiger partial charge in [-0.2, -0.15) is 0 Å². The zero-order chi connectivity index (χ0) is 9.84. The van der Waals surface area contributed by atoms with Crippen LogP contribution in [0.25, 0.3) is 5.57 Å². The van der Waals surface area contributed by atoms with Gasteiger partial charge >= 0.3 is 0 Å². The van der Waals surface area contributed by atoms with Gasteiger partial charge in [0.1, 0.15) is 0 Å². The van der Waals surface area contributed by atoms with E-state index < -0.39 is 0 Å². The van der Waals surface area contributed by atoms with Crippen LogP contribution in [0.15, 0.2) is 47.5 Å². The van der Waals surface area contributed by atoms with Crippen LogP contribution in [0.1, 0.15) is 13.9 Å². The van der Waals surface area contributed by atoms with Crippen molar-refractivity contribution in [3.05, 3.63) is 53.1 Å². The van der Waals surface area contributed by atoms with Gasteiger partial charge in [-0.3, -0.25) is 0 Å². The molecule has 0 spiro atoms. The highest BCUT2D eigenvalue weighted by Crippen LogP contribution is 2.24. The second-order valence-electron chi connectivity index (χ2n) is 2.88. The third kappa shape index (κ3) is 2.39. The molecule has 1 aromatic rings. The predicted octanol–water partition coefficient (Wildman–Crippen LogP) is 3.07. The van der Waals surface area contributed by atoms with Crippen LogP contribution >= 0.6 is 12.6 Å². The Hall–Kier alpha value is -1.15. The lowest BCUT2D eigenvalue weighted by Crippen LogP contribution is -1.95. The van der Waals surface area contributed by atoms with Crippen molar-refractivity contribution in [2.45, 2.75) is 6.92 Å². The van der Waals surface area contributed by atoms with Gasteiger partial charge in [0, 0.05) is 12.0 Å². The van der Waals surface area contributed by atoms with Crippen LogP contribution in [0.3, 0.4) is 0 Å². The van der Waals surface area contributed by atoms with E-state index in [0.29, 0.717) is 5.70 Å². The number of allylic oxidation sites excluding steroid dienone is 2. The summed E-state index contributed by atoms with van der Waals surface area (Å²) in [6.07, 6.45) is 0. The molecule has 13 heavy (non-hydrogen) atoms. The average molecular weight is 193 g/mol. The highest BCUT2D eigenvalue weighted by molar-refractivity contribution is 7.85. The molecule has 0 aliphatic heterocycles. The van der Waals surface area contributed by atoms with Crippen LogP contribution in [0.4, 0.5) is 0 Å². The molecule has 0 radical (unpaired) electrons. The van der Waals surface area contributed by atoms with E-state index in [2.05, 4.69) is 19.2 Å². The first-order valence-corrected chi connectivity index (χ1v) is 4.47. The molecule has 0 amide bonds. The van der Waals surface area contributed by atoms with Gasteiger partial charge in [0.25, 0.3) is 0 Å². The predicted molar refractivity (Wildman–Crippen MR) is 63.5 cm³/mol. The minimum atomic E-state index is 0. The molecule has 0 heterocycles. The van der Waals surface area contributed by atoms with E-state index in [0.717, 1.165) is 16.0 Å². The van der Waals surface area contributed by atoms with E-state index >= 15 is 0 Å². The highest BCUT2D eigenvalue weighted by atomic mass is 32.1. The second kappa shape index (κ2) is 4.19. The van der Waals surface area contributed by atoms with Crippen molar-refractivity contribution in [2.75, 3.05) is 0 Å². The van der Waals surface area contributed by atoms with E-state index in [1.54, 1.807) is 0 Å². The lowest BCUT2D eigenvalue weighted by molar-refractivity contribution is 1.31. The van der Waals surface area contributed by atoms with Gasteiger partial charge in [0.05, 0.1) is 0 Å². The Morgan fingerprint density at radius 3 is 2.38 bits per heavy atom. The maximum Gasteiger partial charge on any atom is 0.0298 e. The highest BCUT2D eigenvalue weighted by Gasteiger charge is 2.02. The molecule has 0 saturated carbocycles. The average Bonchev–Trinajstić information content (AvgIpc) is 2.17. The summed E-state index contributed by atoms with van der Waals surface area (Å²) in [4.78, 5) is 0.756. The third-order valence-corrected chi connectivity index (χ3v) is 2.40. The third-order valence-electron chi connectivity index (χ3n) is 1.78. The number of benzene rings is 1. The summed E-state index contributed by atoms with van der Waals surface area (Å²) in [7, 11) is 0. The van der Waals surface area contributed by atoms with Gasteiger partial charge in [-0.25, -0.2) is 0 Å². The molecule has 0 saturated heterocycles. The fraction of sp³-hybridized carbons (Fsp3) is 0.0909. The molecule has 1 rings (SSSR count). The van der Waals surface area contributed by atoms with Crippen molar-refractivity contribution >= 4 is 18.2 Å². The van der Waals surface area contributed by atoms with Gasteiger partial charge < -0.3 is 5.73 Å². The van der Waals surface area contributed by atoms with Gasteiger partial charge in [-0.1, -0.05) is 36.9 Å². The zero-order valence-corrected chi connectivity index (χ0v) is 8.51. The first kappa shape index (κ1) is 9.93. The molecule has 0 unspecified atom stereocenters. The van der Waals surface area contributed by atoms with Crippen molar-refractivity contribution in [3.8, 4) is 0 Å². The standard InChI is InChI=1S/C11H13NS.H2/c1-8(11(13)9(2)12)10-6-4-3-5-7-10;/h3-7,13H,1,12H2,2H3;1H/b11-9+;. The lowest BCUT2D eigenvalue weighted by atomic mass is 10.1. The summed E-state index contributed by atoms with van der Waals surface area (Å²) >= 11 is 4.29. The first-order valence-electron chi connectivity index (χ1n) is 4.03. The van der Waals surface area contributed by atoms with Crippen molar-refractivity contribution < 1.29 is 1.43 Å². The quantitative estimate of drug-likeness (QED) is 0.548. The van der Waals surface area contributed by atoms with Gasteiger partial charge in [0.15, 0.2) is 0 Å². The molecule has 0 fully saturated rings. The van der Waals surface area contributed by atoms with Crippen LogP contribution in [0.2, 0.25) is 0 Å². The molecule has 0 aliphatic rings. The maximum absolute atomic E-state index is 5.62. The van der Waals surface area contributed by atoms with E-state index in [-0.39, 0.29) is 1.43 Å². The summed E-state index contributed by atoms with van der Waals surface area (Å²) in [6.45, 7) is 5.75. The first-order chi connectivity index (χ1) is 6.13. The van der Waals surface area contributed by atoms with Crippen molar-refractivity contribution in [2.24, 2.45) is 5.73 Å². The van der Waals surface area contributed by atoms with Gasteiger partial charge in [-0.05, 0) is 18.1 Å². The SMILES string of the molecule is C=C(/C(S)=C(/C)N)c1ccccc1.[HH]. The van der Waals surface area contributed by atoms with Crippen LogP contribution in [-0.4, -0.2) is 0 Å². The minimum absolute atomic E-state index is 0. The van der Waals surface area contributed by atoms with Crippen molar-refractivity contribution in [1.29, 1.82) is 0 Å². The number of nitrogens with two attached hydrogens (primary N) is 1. The Morgan fingerprint density at radius 1 is 1.38 bits per heavy atom. The van der Waals surface area contributed by atoms with Gasteiger partial charge in [-0.15, -0.1) is 12.6 Å². The summed E-state index contributed by atoms with van der Waals surface area (Å²) < 4.78 is 0. The van der Waals surface area contributed by atoms with Crippen molar-refractivity contribution in [3.63, 3.8) is 0 Å². The lowest BCUT2D eigenvalue weighted by Gasteiger charge is -2.06. The fourth-order valence-electron chi connectivity index (χ4n) is 1.01. The molecule has 70 valence electrons. The number of thiol groups is 1. The number of rotatable bonds is 2. The van der Waals surface area contributed by atoms with E-state index in [1.807, 2.05) is 37.3 Å². The topological polar surface area (TPSA) is 26.0 Å². The van der Waals surface area contributed by atoms with Crippen LogP contribution < -0.4 is 5.73 Å². The smallest absolute Gasteiger partial charge is 0.0298 e. The number of hydrogen-bond acceptors (Lipinski definition) is 2. The van der Waals surface area contributed by atoms with Crippen LogP contribution in [0, 0.1) is 0 Å². The maximum atomic E-state index is 5.62. The molecule has 0 aliphatic carbocycles. The van der Waals surface area contributed by atoms with Crippen molar-refractivity contribution in [1.82, 2.24) is 0 Å². The Bertz CT molecular complexity index is 340. The molecule has 0 bridgehead atoms. The Balaban J connectivity index is 0.00000169. The van der Waals surface area contributed by atoms with Gasteiger partial charge in [0.2, 0.25) is 0 Å². The molecular weight excluding hydrogens is 178 g/mol. The fourth-order valence-corrected chi connectivity index (χ4v) is 1.14. The molecule has 1 aromatic carbocycles. The molecule has 1 nitrogen and oxygen atoms in total. The normalized spacial score (nSPS) is 12.2. The Morgan fingerprint density at radius 2 is 1.92 bits per heavy atom.